The fourth-order valence-electron chi connectivity index (χ4n) is 2.96. The molecule has 0 bridgehead atoms. The second-order valence-corrected chi connectivity index (χ2v) is 6.21. The summed E-state index contributed by atoms with van der Waals surface area (Å²) in [5, 5.41) is 9.79. The Morgan fingerprint density at radius 1 is 1.25 bits per heavy atom. The molecule has 126 valence electrons. The minimum atomic E-state index is -0.0671. The number of piperidine rings is 1. The SMILES string of the molecule is Cc1cc(C(=O)N2CCC(C(=O)NCc3ccccc3)CC2)n[nH]1. The van der Waals surface area contributed by atoms with Gasteiger partial charge in [0.15, 0.2) is 0 Å². The van der Waals surface area contributed by atoms with Crippen LogP contribution in [-0.2, 0) is 11.3 Å². The van der Waals surface area contributed by atoms with E-state index in [2.05, 4.69) is 15.5 Å². The highest BCUT2D eigenvalue weighted by Gasteiger charge is 2.28. The lowest BCUT2D eigenvalue weighted by atomic mass is 9.95. The third kappa shape index (κ3) is 3.82. The predicted molar refractivity (Wildman–Crippen MR) is 90.2 cm³/mol. The van der Waals surface area contributed by atoms with Crippen LogP contribution in [0.15, 0.2) is 36.4 Å². The van der Waals surface area contributed by atoms with Crippen LogP contribution < -0.4 is 5.32 Å². The van der Waals surface area contributed by atoms with E-state index in [0.717, 1.165) is 11.3 Å². The Bertz CT molecular complexity index is 703. The lowest BCUT2D eigenvalue weighted by molar-refractivity contribution is -0.126. The molecule has 1 aliphatic rings. The van der Waals surface area contributed by atoms with E-state index in [9.17, 15) is 9.59 Å². The summed E-state index contributed by atoms with van der Waals surface area (Å²) in [7, 11) is 0. The molecule has 0 atom stereocenters. The Morgan fingerprint density at radius 3 is 2.58 bits per heavy atom. The van der Waals surface area contributed by atoms with Crippen molar-refractivity contribution in [3.63, 3.8) is 0 Å². The van der Waals surface area contributed by atoms with Crippen LogP contribution in [0.25, 0.3) is 0 Å². The Morgan fingerprint density at radius 2 is 1.96 bits per heavy atom. The topological polar surface area (TPSA) is 78.1 Å². The summed E-state index contributed by atoms with van der Waals surface area (Å²) in [6, 6.07) is 11.6. The van der Waals surface area contributed by atoms with Crippen molar-refractivity contribution in [2.45, 2.75) is 26.3 Å². The summed E-state index contributed by atoms with van der Waals surface area (Å²) in [5.41, 5.74) is 2.40. The van der Waals surface area contributed by atoms with Gasteiger partial charge in [0, 0.05) is 31.2 Å². The quantitative estimate of drug-likeness (QED) is 0.900. The van der Waals surface area contributed by atoms with E-state index >= 15 is 0 Å². The first kappa shape index (κ1) is 16.2. The van der Waals surface area contributed by atoms with Crippen LogP contribution >= 0.6 is 0 Å². The Labute approximate surface area is 141 Å². The number of rotatable bonds is 4. The van der Waals surface area contributed by atoms with Crippen molar-refractivity contribution >= 4 is 11.8 Å². The highest BCUT2D eigenvalue weighted by Crippen LogP contribution is 2.19. The van der Waals surface area contributed by atoms with Crippen molar-refractivity contribution < 1.29 is 9.59 Å². The number of aromatic amines is 1. The standard InChI is InChI=1S/C18H22N4O2/c1-13-11-16(21-20-13)18(24)22-9-7-15(8-10-22)17(23)19-12-14-5-3-2-4-6-14/h2-6,11,15H,7-10,12H2,1H3,(H,19,23)(H,20,21). The molecule has 2 N–H and O–H groups in total. The molecule has 6 nitrogen and oxygen atoms in total. The number of likely N-dealkylation sites (tertiary alicyclic amines) is 1. The maximum atomic E-state index is 12.3. The molecule has 1 aromatic carbocycles. The zero-order chi connectivity index (χ0) is 16.9. The summed E-state index contributed by atoms with van der Waals surface area (Å²) in [4.78, 5) is 26.4. The fraction of sp³-hybridized carbons (Fsp3) is 0.389. The van der Waals surface area contributed by atoms with Gasteiger partial charge in [-0.3, -0.25) is 14.7 Å². The number of carbonyl (C=O) groups excluding carboxylic acids is 2. The Balaban J connectivity index is 1.47. The van der Waals surface area contributed by atoms with Crippen LogP contribution in [0.3, 0.4) is 0 Å². The average molecular weight is 326 g/mol. The van der Waals surface area contributed by atoms with Crippen molar-refractivity contribution in [1.82, 2.24) is 20.4 Å². The van der Waals surface area contributed by atoms with Crippen molar-refractivity contribution in [2.75, 3.05) is 13.1 Å². The molecule has 2 amide bonds. The van der Waals surface area contributed by atoms with E-state index in [1.807, 2.05) is 37.3 Å². The van der Waals surface area contributed by atoms with Gasteiger partial charge in [-0.15, -0.1) is 0 Å². The molecule has 1 fully saturated rings. The first-order valence-corrected chi connectivity index (χ1v) is 8.26. The molecule has 3 rings (SSSR count). The van der Waals surface area contributed by atoms with Crippen LogP contribution in [0, 0.1) is 12.8 Å². The first-order valence-electron chi connectivity index (χ1n) is 8.26. The van der Waals surface area contributed by atoms with Gasteiger partial charge in [-0.25, -0.2) is 0 Å². The molecule has 0 radical (unpaired) electrons. The first-order chi connectivity index (χ1) is 11.6. The van der Waals surface area contributed by atoms with E-state index in [4.69, 9.17) is 0 Å². The lowest BCUT2D eigenvalue weighted by Crippen LogP contribution is -2.43. The van der Waals surface area contributed by atoms with Crippen LogP contribution in [-0.4, -0.2) is 40.0 Å². The highest BCUT2D eigenvalue weighted by molar-refractivity contribution is 5.92. The van der Waals surface area contributed by atoms with Gasteiger partial charge in [0.05, 0.1) is 0 Å². The van der Waals surface area contributed by atoms with Gasteiger partial charge in [0.25, 0.3) is 5.91 Å². The Hall–Kier alpha value is -2.63. The molecular weight excluding hydrogens is 304 g/mol. The lowest BCUT2D eigenvalue weighted by Gasteiger charge is -2.30. The van der Waals surface area contributed by atoms with Gasteiger partial charge in [-0.05, 0) is 31.4 Å². The summed E-state index contributed by atoms with van der Waals surface area (Å²) >= 11 is 0. The molecule has 0 unspecified atom stereocenters. The molecule has 2 aromatic rings. The highest BCUT2D eigenvalue weighted by atomic mass is 16.2. The molecular formula is C18H22N4O2. The number of hydrogen-bond donors (Lipinski definition) is 2. The van der Waals surface area contributed by atoms with Gasteiger partial charge >= 0.3 is 0 Å². The number of amides is 2. The minimum absolute atomic E-state index is 0.0290. The molecule has 1 aromatic heterocycles. The second-order valence-electron chi connectivity index (χ2n) is 6.21. The minimum Gasteiger partial charge on any atom is -0.352 e. The van der Waals surface area contributed by atoms with Gasteiger partial charge in [-0.2, -0.15) is 5.10 Å². The van der Waals surface area contributed by atoms with Gasteiger partial charge in [0.2, 0.25) is 5.91 Å². The average Bonchev–Trinajstić information content (AvgIpc) is 3.06. The maximum Gasteiger partial charge on any atom is 0.274 e. The van der Waals surface area contributed by atoms with Crippen molar-refractivity contribution in [3.8, 4) is 0 Å². The van der Waals surface area contributed by atoms with Gasteiger partial charge in [-0.1, -0.05) is 30.3 Å². The zero-order valence-corrected chi connectivity index (χ0v) is 13.8. The largest absolute Gasteiger partial charge is 0.352 e. The van der Waals surface area contributed by atoms with Crippen LogP contribution in [0.1, 0.15) is 34.6 Å². The van der Waals surface area contributed by atoms with Crippen molar-refractivity contribution in [1.29, 1.82) is 0 Å². The van der Waals surface area contributed by atoms with E-state index in [1.165, 1.54) is 0 Å². The van der Waals surface area contributed by atoms with E-state index in [1.54, 1.807) is 11.0 Å². The van der Waals surface area contributed by atoms with Gasteiger partial charge in [0.1, 0.15) is 5.69 Å². The normalized spacial score (nSPS) is 15.3. The molecule has 0 saturated carbocycles. The fourth-order valence-corrected chi connectivity index (χ4v) is 2.96. The molecule has 6 heteroatoms. The predicted octanol–water partition coefficient (Wildman–Crippen LogP) is 1.89. The zero-order valence-electron chi connectivity index (χ0n) is 13.8. The maximum absolute atomic E-state index is 12.3. The molecule has 1 saturated heterocycles. The van der Waals surface area contributed by atoms with Crippen LogP contribution in [0.4, 0.5) is 0 Å². The summed E-state index contributed by atoms with van der Waals surface area (Å²) in [6.07, 6.45) is 1.38. The number of benzene rings is 1. The number of nitrogens with one attached hydrogen (secondary N) is 2. The van der Waals surface area contributed by atoms with Crippen molar-refractivity contribution in [3.05, 3.63) is 53.3 Å². The number of H-pyrrole nitrogens is 1. The van der Waals surface area contributed by atoms with E-state index in [0.29, 0.717) is 38.2 Å². The van der Waals surface area contributed by atoms with Gasteiger partial charge < -0.3 is 10.2 Å². The second kappa shape index (κ2) is 7.29. The molecule has 2 heterocycles. The number of aryl methyl sites for hydroxylation is 1. The smallest absolute Gasteiger partial charge is 0.274 e. The van der Waals surface area contributed by atoms with Crippen LogP contribution in [0.5, 0.6) is 0 Å². The third-order valence-electron chi connectivity index (χ3n) is 4.39. The summed E-state index contributed by atoms with van der Waals surface area (Å²) < 4.78 is 0. The number of carbonyl (C=O) groups is 2. The number of hydrogen-bond acceptors (Lipinski definition) is 3. The monoisotopic (exact) mass is 326 g/mol. The van der Waals surface area contributed by atoms with Crippen molar-refractivity contribution in [2.24, 2.45) is 5.92 Å². The molecule has 1 aliphatic heterocycles. The van der Waals surface area contributed by atoms with Crippen LogP contribution in [0.2, 0.25) is 0 Å². The van der Waals surface area contributed by atoms with E-state index in [-0.39, 0.29) is 17.7 Å². The summed E-state index contributed by atoms with van der Waals surface area (Å²) in [6.45, 7) is 3.60. The molecule has 0 spiro atoms. The number of nitrogens with zero attached hydrogens (tertiary/aromatic N) is 2. The molecule has 24 heavy (non-hydrogen) atoms. The Kier molecular flexibility index (Phi) is 4.93. The third-order valence-corrected chi connectivity index (χ3v) is 4.39. The summed E-state index contributed by atoms with van der Waals surface area (Å²) in [5.74, 6) is -0.0252. The number of aromatic nitrogens is 2. The van der Waals surface area contributed by atoms with E-state index < -0.39 is 0 Å². The molecule has 0 aliphatic carbocycles.